The second kappa shape index (κ2) is 9.63. The van der Waals surface area contributed by atoms with E-state index in [1.807, 2.05) is 41.5 Å². The average molecular weight is 565 g/mol. The van der Waals surface area contributed by atoms with Crippen LogP contribution in [0.3, 0.4) is 0 Å². The summed E-state index contributed by atoms with van der Waals surface area (Å²) in [5, 5.41) is 13.4. The second-order valence-corrected chi connectivity index (χ2v) is 10.7. The average Bonchev–Trinajstić information content (AvgIpc) is 3.33. The molecule has 10 heteroatoms. The van der Waals surface area contributed by atoms with Gasteiger partial charge in [0.1, 0.15) is 23.9 Å². The highest BCUT2D eigenvalue weighted by Gasteiger charge is 2.32. The molecule has 0 N–H and O–H groups in total. The van der Waals surface area contributed by atoms with Crippen molar-refractivity contribution in [2.45, 2.75) is 12.8 Å². The van der Waals surface area contributed by atoms with Crippen molar-refractivity contribution in [3.05, 3.63) is 132 Å². The minimum Gasteiger partial charge on any atom is -0.338 e. The molecule has 1 aliphatic carbocycles. The summed E-state index contributed by atoms with van der Waals surface area (Å²) in [5.74, 6) is 7.96. The van der Waals surface area contributed by atoms with Gasteiger partial charge in [0.2, 0.25) is 5.91 Å². The van der Waals surface area contributed by atoms with E-state index >= 15 is 0 Å². The molecule has 6 heterocycles. The number of allylic oxidation sites excluding steroid dienone is 2. The summed E-state index contributed by atoms with van der Waals surface area (Å²) in [6.45, 7) is 6.96. The molecule has 2 aliphatic rings. The first kappa shape index (κ1) is 24.9. The van der Waals surface area contributed by atoms with E-state index in [0.29, 0.717) is 18.8 Å². The highest BCUT2D eigenvalue weighted by molar-refractivity contribution is 5.98. The van der Waals surface area contributed by atoms with Gasteiger partial charge in [0.15, 0.2) is 5.65 Å². The van der Waals surface area contributed by atoms with Crippen molar-refractivity contribution in [3.63, 3.8) is 0 Å². The molecular weight excluding hydrogens is 538 g/mol. The Labute approximate surface area is 248 Å². The third-order valence-corrected chi connectivity index (χ3v) is 8.00. The topological polar surface area (TPSA) is 98.5 Å². The van der Waals surface area contributed by atoms with Gasteiger partial charge >= 0.3 is 0 Å². The number of amides is 1. The molecule has 0 bridgehead atoms. The Bertz CT molecular complexity index is 2190. The largest absolute Gasteiger partial charge is 0.338 e. The minimum absolute atomic E-state index is 0. The zero-order valence-electron chi connectivity index (χ0n) is 23.2. The van der Waals surface area contributed by atoms with E-state index in [1.165, 1.54) is 29.5 Å². The zero-order chi connectivity index (χ0) is 29.1. The molecule has 1 fully saturated rings. The highest BCUT2D eigenvalue weighted by atomic mass is 16.2. The lowest BCUT2D eigenvalue weighted by molar-refractivity contribution is -0.130. The van der Waals surface area contributed by atoms with Crippen LogP contribution in [-0.4, -0.2) is 62.9 Å². The molecule has 8 rings (SSSR count). The number of pyridine rings is 1. The third-order valence-electron chi connectivity index (χ3n) is 8.00. The van der Waals surface area contributed by atoms with E-state index in [1.54, 1.807) is 20.3 Å². The number of benzene rings is 1. The molecule has 209 valence electrons. The number of aryl methyl sites for hydroxylation is 1. The Hall–Kier alpha value is -5.82. The molecule has 0 saturated carbocycles. The van der Waals surface area contributed by atoms with E-state index in [2.05, 4.69) is 75.9 Å². The van der Waals surface area contributed by atoms with Gasteiger partial charge in [0.05, 0.1) is 17.3 Å². The predicted octanol–water partition coefficient (Wildman–Crippen LogP) is 4.04. The van der Waals surface area contributed by atoms with E-state index in [4.69, 9.17) is 5.10 Å². The van der Waals surface area contributed by atoms with Crippen LogP contribution in [0.1, 0.15) is 41.0 Å². The summed E-state index contributed by atoms with van der Waals surface area (Å²) in [4.78, 5) is 22.4. The quantitative estimate of drug-likeness (QED) is 0.232. The van der Waals surface area contributed by atoms with Crippen LogP contribution in [0.5, 0.6) is 0 Å². The van der Waals surface area contributed by atoms with Crippen LogP contribution in [0.15, 0.2) is 92.4 Å². The fourth-order valence-electron chi connectivity index (χ4n) is 5.61. The number of fused-ring (bicyclic) bond motifs is 2. The molecule has 1 radical (unpaired) electrons. The number of carbonyl (C=O) groups is 1. The standard InChI is InChI=1S/C33H24N9O.H2/c1-3-32(43)39-17-24(18-39)28-9-12-40(38-28)30-10-13-42-33(30)29(34-19-37-42)7-5-22-4-6-25(21(2)14-22)27-16-26(27)23-8-11-41-31(15-23)35-20-36-41;/h3-4,6,8-16,19-20,24H,1,17-18H2,2H3;1H. The van der Waals surface area contributed by atoms with Gasteiger partial charge in [0.25, 0.3) is 0 Å². The van der Waals surface area contributed by atoms with Crippen LogP contribution in [0.4, 0.5) is 0 Å². The lowest BCUT2D eigenvalue weighted by atomic mass is 9.96. The number of aromatic nitrogens is 8. The summed E-state index contributed by atoms with van der Waals surface area (Å²) in [6.07, 6.45) is 12.4. The van der Waals surface area contributed by atoms with Gasteiger partial charge in [-0.05, 0) is 77.6 Å². The monoisotopic (exact) mass is 564 g/mol. The molecular formula is C33H26N9O. The van der Waals surface area contributed by atoms with Crippen LogP contribution in [-0.2, 0) is 4.79 Å². The molecule has 6 aromatic rings. The summed E-state index contributed by atoms with van der Waals surface area (Å²) in [5.41, 5.74) is 9.62. The summed E-state index contributed by atoms with van der Waals surface area (Å²) in [7, 11) is 0. The summed E-state index contributed by atoms with van der Waals surface area (Å²) < 4.78 is 5.36. The van der Waals surface area contributed by atoms with Crippen LogP contribution < -0.4 is 0 Å². The minimum atomic E-state index is -0.0476. The lowest BCUT2D eigenvalue weighted by Crippen LogP contribution is -2.47. The number of hydrogen-bond acceptors (Lipinski definition) is 6. The van der Waals surface area contributed by atoms with E-state index in [9.17, 15) is 4.79 Å². The SMILES string of the molecule is C=CC(=O)N1CC(c2ccn(-c3ccn4ncnc(C#Cc5ccc([C]6C=C6c6ccn7ncnc7c6)c(C)c5)c34)n2)C1.[HH]. The Morgan fingerprint density at radius 1 is 1.00 bits per heavy atom. The normalized spacial score (nSPS) is 14.8. The van der Waals surface area contributed by atoms with Crippen LogP contribution in [0.2, 0.25) is 0 Å². The van der Waals surface area contributed by atoms with Crippen molar-refractivity contribution in [2.75, 3.05) is 13.1 Å². The van der Waals surface area contributed by atoms with Crippen molar-refractivity contribution >= 4 is 22.6 Å². The predicted molar refractivity (Wildman–Crippen MR) is 162 cm³/mol. The zero-order valence-corrected chi connectivity index (χ0v) is 23.2. The number of carbonyl (C=O) groups excluding carboxylic acids is 1. The van der Waals surface area contributed by atoms with Crippen molar-refractivity contribution < 1.29 is 6.22 Å². The van der Waals surface area contributed by atoms with Crippen molar-refractivity contribution in [2.24, 2.45) is 0 Å². The van der Waals surface area contributed by atoms with Gasteiger partial charge in [-0.3, -0.25) is 4.79 Å². The fourth-order valence-corrected chi connectivity index (χ4v) is 5.61. The van der Waals surface area contributed by atoms with Crippen LogP contribution >= 0.6 is 0 Å². The van der Waals surface area contributed by atoms with E-state index in [0.717, 1.165) is 39.2 Å². The summed E-state index contributed by atoms with van der Waals surface area (Å²) in [6, 6.07) is 14.3. The highest BCUT2D eigenvalue weighted by Crippen LogP contribution is 2.46. The van der Waals surface area contributed by atoms with E-state index in [-0.39, 0.29) is 13.3 Å². The Morgan fingerprint density at radius 2 is 1.84 bits per heavy atom. The van der Waals surface area contributed by atoms with Crippen molar-refractivity contribution in [3.8, 4) is 17.5 Å². The van der Waals surface area contributed by atoms with Gasteiger partial charge in [-0.2, -0.15) is 15.3 Å². The smallest absolute Gasteiger partial charge is 0.245 e. The molecule has 0 spiro atoms. The lowest BCUT2D eigenvalue weighted by Gasteiger charge is -2.37. The maximum Gasteiger partial charge on any atom is 0.245 e. The maximum atomic E-state index is 11.8. The summed E-state index contributed by atoms with van der Waals surface area (Å²) >= 11 is 0. The molecule has 5 aromatic heterocycles. The van der Waals surface area contributed by atoms with Crippen molar-refractivity contribution in [1.82, 2.24) is 43.9 Å². The molecule has 1 aliphatic heterocycles. The van der Waals surface area contributed by atoms with Crippen LogP contribution in [0, 0.1) is 24.7 Å². The molecule has 0 unspecified atom stereocenters. The number of likely N-dealkylation sites (tertiary alicyclic amines) is 1. The number of hydrogen-bond donors (Lipinski definition) is 0. The van der Waals surface area contributed by atoms with Gasteiger partial charge in [0, 0.05) is 44.6 Å². The molecule has 43 heavy (non-hydrogen) atoms. The first-order valence-corrected chi connectivity index (χ1v) is 13.9. The second-order valence-electron chi connectivity index (χ2n) is 10.7. The molecule has 1 aromatic carbocycles. The third kappa shape index (κ3) is 4.30. The van der Waals surface area contributed by atoms with Crippen molar-refractivity contribution in [1.29, 1.82) is 0 Å². The first-order chi connectivity index (χ1) is 21.1. The fraction of sp³-hybridized carbons (Fsp3) is 0.121. The Balaban J connectivity index is 0.00000312. The van der Waals surface area contributed by atoms with Gasteiger partial charge in [-0.1, -0.05) is 24.6 Å². The molecule has 1 saturated heterocycles. The maximum absolute atomic E-state index is 11.8. The van der Waals surface area contributed by atoms with Gasteiger partial charge < -0.3 is 4.90 Å². The van der Waals surface area contributed by atoms with Gasteiger partial charge in [-0.25, -0.2) is 23.7 Å². The number of rotatable bonds is 5. The van der Waals surface area contributed by atoms with Gasteiger partial charge in [-0.15, -0.1) is 0 Å². The number of nitrogens with zero attached hydrogens (tertiary/aromatic N) is 9. The molecule has 0 atom stereocenters. The first-order valence-electron chi connectivity index (χ1n) is 13.9. The van der Waals surface area contributed by atoms with E-state index < -0.39 is 0 Å². The van der Waals surface area contributed by atoms with Crippen LogP contribution in [0.25, 0.3) is 22.4 Å². The Morgan fingerprint density at radius 3 is 2.70 bits per heavy atom. The molecule has 1 amide bonds. The molecule has 10 nitrogen and oxygen atoms in total. The Kier molecular flexibility index (Phi) is 5.59.